The van der Waals surface area contributed by atoms with E-state index in [2.05, 4.69) is 5.32 Å². The number of morpholine rings is 1. The van der Waals surface area contributed by atoms with Crippen molar-refractivity contribution in [3.05, 3.63) is 29.6 Å². The molecule has 0 unspecified atom stereocenters. The molecule has 0 atom stereocenters. The van der Waals surface area contributed by atoms with Gasteiger partial charge in [0.2, 0.25) is 0 Å². The second-order valence-electron chi connectivity index (χ2n) is 4.71. The number of anilines is 1. The molecule has 6 heteroatoms. The van der Waals surface area contributed by atoms with Crippen LogP contribution in [0.5, 0.6) is 0 Å². The number of nitrogens with zero attached hydrogens (tertiary/aromatic N) is 1. The molecule has 0 radical (unpaired) electrons. The van der Waals surface area contributed by atoms with Crippen molar-refractivity contribution in [1.29, 1.82) is 0 Å². The van der Waals surface area contributed by atoms with Gasteiger partial charge in [0.15, 0.2) is 0 Å². The molecule has 5 nitrogen and oxygen atoms in total. The van der Waals surface area contributed by atoms with Gasteiger partial charge in [-0.05, 0) is 17.7 Å². The number of benzene rings is 1. The van der Waals surface area contributed by atoms with Crippen molar-refractivity contribution < 1.29 is 19.0 Å². The first-order chi connectivity index (χ1) is 9.66. The SMILES string of the molecule is O=C(O)CCNCc1ccc(F)c(N2CCOCC2)c1. The number of nitrogens with one attached hydrogen (secondary N) is 1. The molecule has 2 rings (SSSR count). The number of carboxylic acids is 1. The number of hydrogen-bond donors (Lipinski definition) is 2. The quantitative estimate of drug-likeness (QED) is 0.768. The van der Waals surface area contributed by atoms with Crippen LogP contribution in [-0.4, -0.2) is 43.9 Å². The Morgan fingerprint density at radius 3 is 2.85 bits per heavy atom. The van der Waals surface area contributed by atoms with E-state index in [-0.39, 0.29) is 12.2 Å². The van der Waals surface area contributed by atoms with Crippen LogP contribution in [0.15, 0.2) is 18.2 Å². The molecular formula is C14H19FN2O3. The van der Waals surface area contributed by atoms with E-state index in [0.717, 1.165) is 5.56 Å². The van der Waals surface area contributed by atoms with Crippen LogP contribution < -0.4 is 10.2 Å². The monoisotopic (exact) mass is 282 g/mol. The Hall–Kier alpha value is -1.66. The van der Waals surface area contributed by atoms with E-state index < -0.39 is 5.97 Å². The minimum absolute atomic E-state index is 0.0809. The summed E-state index contributed by atoms with van der Waals surface area (Å²) in [5.74, 6) is -1.06. The molecule has 0 aromatic heterocycles. The lowest BCUT2D eigenvalue weighted by molar-refractivity contribution is -0.136. The van der Waals surface area contributed by atoms with Crippen LogP contribution in [-0.2, 0) is 16.1 Å². The summed E-state index contributed by atoms with van der Waals surface area (Å²) in [6, 6.07) is 4.99. The van der Waals surface area contributed by atoms with Gasteiger partial charge in [0.1, 0.15) is 5.82 Å². The van der Waals surface area contributed by atoms with Crippen LogP contribution in [0.2, 0.25) is 0 Å². The predicted molar refractivity (Wildman–Crippen MR) is 73.4 cm³/mol. The van der Waals surface area contributed by atoms with Crippen molar-refractivity contribution in [2.75, 3.05) is 37.7 Å². The molecule has 1 aliphatic heterocycles. The Morgan fingerprint density at radius 1 is 1.40 bits per heavy atom. The van der Waals surface area contributed by atoms with Crippen molar-refractivity contribution in [2.24, 2.45) is 0 Å². The van der Waals surface area contributed by atoms with Crippen LogP contribution >= 0.6 is 0 Å². The van der Waals surface area contributed by atoms with Crippen molar-refractivity contribution in [1.82, 2.24) is 5.32 Å². The largest absolute Gasteiger partial charge is 0.481 e. The number of ether oxygens (including phenoxy) is 1. The van der Waals surface area contributed by atoms with Crippen molar-refractivity contribution in [2.45, 2.75) is 13.0 Å². The number of rotatable bonds is 6. The summed E-state index contributed by atoms with van der Waals surface area (Å²) >= 11 is 0. The molecule has 0 aliphatic carbocycles. The zero-order valence-corrected chi connectivity index (χ0v) is 11.3. The van der Waals surface area contributed by atoms with Crippen molar-refractivity contribution >= 4 is 11.7 Å². The second-order valence-corrected chi connectivity index (χ2v) is 4.71. The van der Waals surface area contributed by atoms with Gasteiger partial charge in [0.05, 0.1) is 25.3 Å². The highest BCUT2D eigenvalue weighted by atomic mass is 19.1. The van der Waals surface area contributed by atoms with E-state index in [4.69, 9.17) is 9.84 Å². The van der Waals surface area contributed by atoms with Gasteiger partial charge in [0, 0.05) is 26.2 Å². The van der Waals surface area contributed by atoms with E-state index >= 15 is 0 Å². The van der Waals surface area contributed by atoms with E-state index in [0.29, 0.717) is 45.1 Å². The maximum absolute atomic E-state index is 13.9. The fraction of sp³-hybridized carbons (Fsp3) is 0.500. The van der Waals surface area contributed by atoms with Gasteiger partial charge in [-0.2, -0.15) is 0 Å². The summed E-state index contributed by atoms with van der Waals surface area (Å²) in [4.78, 5) is 12.4. The minimum atomic E-state index is -0.828. The van der Waals surface area contributed by atoms with Crippen LogP contribution in [0, 0.1) is 5.82 Å². The molecule has 1 aromatic rings. The third-order valence-corrected chi connectivity index (χ3v) is 3.21. The average molecular weight is 282 g/mol. The lowest BCUT2D eigenvalue weighted by atomic mass is 10.1. The summed E-state index contributed by atoms with van der Waals surface area (Å²) in [7, 11) is 0. The highest BCUT2D eigenvalue weighted by Gasteiger charge is 2.15. The van der Waals surface area contributed by atoms with Gasteiger partial charge in [0.25, 0.3) is 0 Å². The van der Waals surface area contributed by atoms with Crippen LogP contribution in [0.25, 0.3) is 0 Å². The zero-order valence-electron chi connectivity index (χ0n) is 11.3. The Kier molecular flexibility index (Phi) is 5.31. The lowest BCUT2D eigenvalue weighted by Crippen LogP contribution is -2.36. The normalized spacial score (nSPS) is 15.3. The van der Waals surface area contributed by atoms with Crippen molar-refractivity contribution in [3.8, 4) is 0 Å². The fourth-order valence-electron chi connectivity index (χ4n) is 2.14. The molecule has 1 aromatic carbocycles. The molecule has 1 saturated heterocycles. The lowest BCUT2D eigenvalue weighted by Gasteiger charge is -2.29. The molecule has 2 N–H and O–H groups in total. The van der Waals surface area contributed by atoms with Gasteiger partial charge >= 0.3 is 5.97 Å². The first-order valence-electron chi connectivity index (χ1n) is 6.70. The number of halogens is 1. The first kappa shape index (κ1) is 14.7. The Bertz CT molecular complexity index is 462. The van der Waals surface area contributed by atoms with Gasteiger partial charge < -0.3 is 20.1 Å². The minimum Gasteiger partial charge on any atom is -0.481 e. The molecule has 110 valence electrons. The smallest absolute Gasteiger partial charge is 0.304 e. The molecule has 1 aliphatic rings. The molecule has 20 heavy (non-hydrogen) atoms. The van der Waals surface area contributed by atoms with E-state index in [1.165, 1.54) is 6.07 Å². The van der Waals surface area contributed by atoms with Crippen molar-refractivity contribution in [3.63, 3.8) is 0 Å². The molecule has 0 bridgehead atoms. The van der Waals surface area contributed by atoms with E-state index in [1.807, 2.05) is 11.0 Å². The molecule has 0 spiro atoms. The predicted octanol–water partition coefficient (Wildman–Crippen LogP) is 1.23. The molecule has 0 amide bonds. The molecule has 0 saturated carbocycles. The number of hydrogen-bond acceptors (Lipinski definition) is 4. The number of carboxylic acid groups (broad SMARTS) is 1. The highest BCUT2D eigenvalue weighted by Crippen LogP contribution is 2.22. The second kappa shape index (κ2) is 7.21. The van der Waals surface area contributed by atoms with Crippen LogP contribution in [0.1, 0.15) is 12.0 Å². The van der Waals surface area contributed by atoms with E-state index in [1.54, 1.807) is 6.07 Å². The van der Waals surface area contributed by atoms with Gasteiger partial charge in [-0.25, -0.2) is 4.39 Å². The summed E-state index contributed by atoms with van der Waals surface area (Å²) in [5.41, 5.74) is 1.53. The van der Waals surface area contributed by atoms with Gasteiger partial charge in [-0.1, -0.05) is 6.07 Å². The zero-order chi connectivity index (χ0) is 14.4. The fourth-order valence-corrected chi connectivity index (χ4v) is 2.14. The Morgan fingerprint density at radius 2 is 2.15 bits per heavy atom. The maximum Gasteiger partial charge on any atom is 0.304 e. The molecular weight excluding hydrogens is 263 g/mol. The molecule has 1 fully saturated rings. The third kappa shape index (κ3) is 4.18. The topological polar surface area (TPSA) is 61.8 Å². The van der Waals surface area contributed by atoms with E-state index in [9.17, 15) is 9.18 Å². The Balaban J connectivity index is 1.95. The average Bonchev–Trinajstić information content (AvgIpc) is 2.46. The third-order valence-electron chi connectivity index (χ3n) is 3.21. The summed E-state index contributed by atoms with van der Waals surface area (Å²) in [5, 5.41) is 11.6. The standard InChI is InChI=1S/C14H19FN2O3/c15-12-2-1-11(10-16-4-3-14(18)19)9-13(12)17-5-7-20-8-6-17/h1-2,9,16H,3-8,10H2,(H,18,19). The summed E-state index contributed by atoms with van der Waals surface area (Å²) in [6.45, 7) is 3.53. The first-order valence-corrected chi connectivity index (χ1v) is 6.70. The summed E-state index contributed by atoms with van der Waals surface area (Å²) < 4.78 is 19.1. The molecule has 1 heterocycles. The van der Waals surface area contributed by atoms with Gasteiger partial charge in [-0.15, -0.1) is 0 Å². The number of carbonyl (C=O) groups is 1. The van der Waals surface area contributed by atoms with Crippen LogP contribution in [0.3, 0.4) is 0 Å². The number of aliphatic carboxylic acids is 1. The highest BCUT2D eigenvalue weighted by molar-refractivity contribution is 5.66. The van der Waals surface area contributed by atoms with Gasteiger partial charge in [-0.3, -0.25) is 4.79 Å². The summed E-state index contributed by atoms with van der Waals surface area (Å²) in [6.07, 6.45) is 0.0809. The Labute approximate surface area is 117 Å². The maximum atomic E-state index is 13.9. The van der Waals surface area contributed by atoms with Crippen LogP contribution in [0.4, 0.5) is 10.1 Å².